The van der Waals surface area contributed by atoms with Crippen molar-refractivity contribution in [2.45, 2.75) is 65.0 Å². The van der Waals surface area contributed by atoms with E-state index in [-0.39, 0.29) is 24.5 Å². The highest BCUT2D eigenvalue weighted by Crippen LogP contribution is 2.31. The highest BCUT2D eigenvalue weighted by atomic mass is 16.6. The van der Waals surface area contributed by atoms with E-state index in [4.69, 9.17) is 9.72 Å². The van der Waals surface area contributed by atoms with Crippen LogP contribution in [0.3, 0.4) is 0 Å². The van der Waals surface area contributed by atoms with E-state index < -0.39 is 11.6 Å². The third-order valence-corrected chi connectivity index (χ3v) is 5.96. The topological polar surface area (TPSA) is 96.8 Å². The van der Waals surface area contributed by atoms with E-state index in [1.165, 1.54) is 0 Å². The molecule has 0 aliphatic carbocycles. The smallest absolute Gasteiger partial charge is 0.410 e. The third-order valence-electron chi connectivity index (χ3n) is 5.96. The molecule has 2 aliphatic heterocycles. The summed E-state index contributed by atoms with van der Waals surface area (Å²) in [5.41, 5.74) is 2.13. The highest BCUT2D eigenvalue weighted by Gasteiger charge is 2.28. The second kappa shape index (κ2) is 8.44. The molecule has 9 heteroatoms. The van der Waals surface area contributed by atoms with E-state index in [0.29, 0.717) is 25.3 Å². The second-order valence-corrected chi connectivity index (χ2v) is 9.59. The third kappa shape index (κ3) is 4.56. The van der Waals surface area contributed by atoms with Gasteiger partial charge in [0.1, 0.15) is 11.2 Å². The molecular weight excluding hydrogens is 410 g/mol. The van der Waals surface area contributed by atoms with Gasteiger partial charge in [-0.05, 0) is 58.6 Å². The maximum absolute atomic E-state index is 12.5. The lowest BCUT2D eigenvalue weighted by Gasteiger charge is -2.26. The fraction of sp³-hybridized carbons (Fsp3) is 0.565. The number of carbonyl (C=O) groups is 3. The van der Waals surface area contributed by atoms with Gasteiger partial charge < -0.3 is 14.2 Å². The van der Waals surface area contributed by atoms with Crippen molar-refractivity contribution in [1.29, 1.82) is 0 Å². The Kier molecular flexibility index (Phi) is 5.83. The Hall–Kier alpha value is -3.10. The van der Waals surface area contributed by atoms with Crippen LogP contribution in [0.25, 0.3) is 11.0 Å². The summed E-state index contributed by atoms with van der Waals surface area (Å²) in [6.45, 7) is 9.35. The van der Waals surface area contributed by atoms with Crippen molar-refractivity contribution in [2.24, 2.45) is 0 Å². The lowest BCUT2D eigenvalue weighted by molar-refractivity contribution is -0.120. The van der Waals surface area contributed by atoms with Gasteiger partial charge in [0.05, 0.1) is 11.9 Å². The molecule has 1 atom stereocenters. The maximum atomic E-state index is 12.5. The molecule has 172 valence electrons. The largest absolute Gasteiger partial charge is 0.444 e. The molecule has 2 aliphatic rings. The van der Waals surface area contributed by atoms with Gasteiger partial charge in [0.2, 0.25) is 5.91 Å². The number of ether oxygens (including phenoxy) is 1. The zero-order valence-corrected chi connectivity index (χ0v) is 19.2. The van der Waals surface area contributed by atoms with Crippen LogP contribution in [0.15, 0.2) is 18.5 Å². The van der Waals surface area contributed by atoms with Crippen molar-refractivity contribution < 1.29 is 19.1 Å². The van der Waals surface area contributed by atoms with E-state index in [0.717, 1.165) is 35.9 Å². The minimum Gasteiger partial charge on any atom is -0.444 e. The van der Waals surface area contributed by atoms with Crippen molar-refractivity contribution >= 4 is 34.8 Å². The fourth-order valence-corrected chi connectivity index (χ4v) is 4.38. The summed E-state index contributed by atoms with van der Waals surface area (Å²) in [6.07, 6.45) is 6.48. The summed E-state index contributed by atoms with van der Waals surface area (Å²) in [4.78, 5) is 44.2. The number of pyridine rings is 1. The van der Waals surface area contributed by atoms with E-state index >= 15 is 0 Å². The standard InChI is InChI=1S/C23H31N5O4/c1-15-14-28(16-6-5-9-26(10-7-16)22(31)32-23(2,3)4)20-18(15)12-17(13-24-20)27-11-8-19(29)25-21(27)30/h12-14,16H,5-11H2,1-4H3,(H,25,29,30). The SMILES string of the molecule is Cc1cn(C2CCCN(C(=O)OC(C)(C)C)CC2)c2ncc(N3CCC(=O)NC3=O)cc12. The number of nitrogens with zero attached hydrogens (tertiary/aromatic N) is 4. The van der Waals surface area contributed by atoms with Gasteiger partial charge >= 0.3 is 12.1 Å². The number of imide groups is 1. The van der Waals surface area contributed by atoms with E-state index in [1.807, 2.05) is 33.8 Å². The van der Waals surface area contributed by atoms with E-state index in [2.05, 4.69) is 16.1 Å². The van der Waals surface area contributed by atoms with Gasteiger partial charge in [0, 0.05) is 43.7 Å². The van der Waals surface area contributed by atoms with Gasteiger partial charge in [-0.3, -0.25) is 15.0 Å². The summed E-state index contributed by atoms with van der Waals surface area (Å²) in [5.74, 6) is -0.253. The number of anilines is 1. The monoisotopic (exact) mass is 441 g/mol. The lowest BCUT2D eigenvalue weighted by atomic mass is 10.1. The number of aryl methyl sites for hydroxylation is 1. The van der Waals surface area contributed by atoms with Gasteiger partial charge in [-0.15, -0.1) is 0 Å². The van der Waals surface area contributed by atoms with Crippen molar-refractivity contribution in [3.63, 3.8) is 0 Å². The number of aromatic nitrogens is 2. The van der Waals surface area contributed by atoms with Crippen LogP contribution in [0.1, 0.15) is 58.1 Å². The number of nitrogens with one attached hydrogen (secondary N) is 1. The Bertz CT molecular complexity index is 1050. The van der Waals surface area contributed by atoms with Crippen molar-refractivity contribution in [3.8, 4) is 0 Å². The molecular formula is C23H31N5O4. The van der Waals surface area contributed by atoms with Crippen LogP contribution in [0, 0.1) is 6.92 Å². The summed E-state index contributed by atoms with van der Waals surface area (Å²) in [6, 6.07) is 1.78. The predicted molar refractivity (Wildman–Crippen MR) is 121 cm³/mol. The predicted octanol–water partition coefficient (Wildman–Crippen LogP) is 3.75. The zero-order chi connectivity index (χ0) is 23.0. The van der Waals surface area contributed by atoms with Crippen LogP contribution >= 0.6 is 0 Å². The minimum atomic E-state index is -0.503. The first-order valence-corrected chi connectivity index (χ1v) is 11.2. The van der Waals surface area contributed by atoms with Crippen LogP contribution in [-0.2, 0) is 9.53 Å². The number of rotatable bonds is 2. The van der Waals surface area contributed by atoms with Gasteiger partial charge in [-0.25, -0.2) is 14.6 Å². The molecule has 0 radical (unpaired) electrons. The first-order chi connectivity index (χ1) is 15.1. The van der Waals surface area contributed by atoms with Gasteiger partial charge in [-0.1, -0.05) is 0 Å². The zero-order valence-electron chi connectivity index (χ0n) is 19.2. The van der Waals surface area contributed by atoms with Gasteiger partial charge in [0.15, 0.2) is 0 Å². The Morgan fingerprint density at radius 2 is 1.97 bits per heavy atom. The Labute approximate surface area is 187 Å². The molecule has 0 aromatic carbocycles. The fourth-order valence-electron chi connectivity index (χ4n) is 4.38. The number of amides is 4. The van der Waals surface area contributed by atoms with Crippen LogP contribution in [-0.4, -0.2) is 57.7 Å². The Morgan fingerprint density at radius 3 is 2.69 bits per heavy atom. The molecule has 4 rings (SSSR count). The van der Waals surface area contributed by atoms with Crippen molar-refractivity contribution in [3.05, 3.63) is 24.0 Å². The summed E-state index contributed by atoms with van der Waals surface area (Å²) in [5, 5.41) is 3.34. The molecule has 2 aromatic rings. The molecule has 2 saturated heterocycles. The van der Waals surface area contributed by atoms with Crippen LogP contribution in [0.2, 0.25) is 0 Å². The molecule has 2 fully saturated rings. The molecule has 1 unspecified atom stereocenters. The van der Waals surface area contributed by atoms with Crippen LogP contribution in [0.5, 0.6) is 0 Å². The molecule has 0 spiro atoms. The first kappa shape index (κ1) is 22.1. The van der Waals surface area contributed by atoms with Crippen molar-refractivity contribution in [2.75, 3.05) is 24.5 Å². The number of carbonyl (C=O) groups excluding carboxylic acids is 3. The van der Waals surface area contributed by atoms with Crippen LogP contribution < -0.4 is 10.2 Å². The first-order valence-electron chi connectivity index (χ1n) is 11.2. The summed E-state index contributed by atoms with van der Waals surface area (Å²) in [7, 11) is 0. The second-order valence-electron chi connectivity index (χ2n) is 9.59. The number of fused-ring (bicyclic) bond motifs is 1. The van der Waals surface area contributed by atoms with Crippen LogP contribution in [0.4, 0.5) is 15.3 Å². The summed E-state index contributed by atoms with van der Waals surface area (Å²) >= 11 is 0. The number of urea groups is 1. The summed E-state index contributed by atoms with van der Waals surface area (Å²) < 4.78 is 7.74. The van der Waals surface area contributed by atoms with E-state index in [9.17, 15) is 14.4 Å². The quantitative estimate of drug-likeness (QED) is 0.766. The molecule has 4 amide bonds. The van der Waals surface area contributed by atoms with E-state index in [1.54, 1.807) is 16.0 Å². The molecule has 32 heavy (non-hydrogen) atoms. The van der Waals surface area contributed by atoms with Gasteiger partial charge in [-0.2, -0.15) is 0 Å². The average Bonchev–Trinajstić information content (AvgIpc) is 2.88. The molecule has 9 nitrogen and oxygen atoms in total. The Balaban J connectivity index is 1.53. The Morgan fingerprint density at radius 1 is 1.19 bits per heavy atom. The molecule has 1 N–H and O–H groups in total. The normalized spacial score (nSPS) is 20.3. The lowest BCUT2D eigenvalue weighted by Crippen LogP contribution is -2.49. The van der Waals surface area contributed by atoms with Gasteiger partial charge in [0.25, 0.3) is 0 Å². The highest BCUT2D eigenvalue weighted by molar-refractivity contribution is 6.06. The minimum absolute atomic E-state index is 0.230. The number of hydrogen-bond donors (Lipinski definition) is 1. The number of hydrogen-bond acceptors (Lipinski definition) is 5. The molecule has 2 aromatic heterocycles. The van der Waals surface area contributed by atoms with Crippen molar-refractivity contribution in [1.82, 2.24) is 19.8 Å². The molecule has 4 heterocycles. The average molecular weight is 442 g/mol. The molecule has 0 bridgehead atoms. The molecule has 0 saturated carbocycles. The number of likely N-dealkylation sites (tertiary alicyclic amines) is 1. The maximum Gasteiger partial charge on any atom is 0.410 e.